The van der Waals surface area contributed by atoms with Gasteiger partial charge in [-0.05, 0) is 37.6 Å². The molecule has 106 valence electrons. The maximum absolute atomic E-state index is 12.3. The molecule has 0 aliphatic carbocycles. The van der Waals surface area contributed by atoms with E-state index in [1.807, 2.05) is 23.0 Å². The number of nitrogens with zero attached hydrogens (tertiary/aromatic N) is 2. The maximum Gasteiger partial charge on any atom is 0.170 e. The van der Waals surface area contributed by atoms with Gasteiger partial charge in [-0.3, -0.25) is 9.48 Å². The summed E-state index contributed by atoms with van der Waals surface area (Å²) in [5.41, 5.74) is 7.69. The fourth-order valence-corrected chi connectivity index (χ4v) is 2.33. The number of carbonyl (C=O) groups is 1. The van der Waals surface area contributed by atoms with Gasteiger partial charge in [-0.1, -0.05) is 22.9 Å². The molecule has 20 heavy (non-hydrogen) atoms. The van der Waals surface area contributed by atoms with Crippen molar-refractivity contribution in [1.29, 1.82) is 0 Å². The van der Waals surface area contributed by atoms with Gasteiger partial charge in [0, 0.05) is 28.0 Å². The zero-order valence-corrected chi connectivity index (χ0v) is 13.2. The van der Waals surface area contributed by atoms with E-state index in [0.717, 1.165) is 16.6 Å². The van der Waals surface area contributed by atoms with Crippen molar-refractivity contribution in [1.82, 2.24) is 9.78 Å². The molecule has 2 N–H and O–H groups in total. The summed E-state index contributed by atoms with van der Waals surface area (Å²) in [6.45, 7) is 4.21. The highest BCUT2D eigenvalue weighted by molar-refractivity contribution is 9.10. The molecule has 0 amide bonds. The van der Waals surface area contributed by atoms with Gasteiger partial charge in [0.2, 0.25) is 0 Å². The number of nitrogen functional groups attached to an aromatic ring is 1. The molecule has 0 bridgehead atoms. The van der Waals surface area contributed by atoms with Crippen molar-refractivity contribution in [2.75, 3.05) is 5.73 Å². The molecule has 2 rings (SSSR count). The molecule has 4 nitrogen and oxygen atoms in total. The van der Waals surface area contributed by atoms with Crippen molar-refractivity contribution in [2.45, 2.75) is 32.7 Å². The predicted octanol–water partition coefficient (Wildman–Crippen LogP) is 3.62. The van der Waals surface area contributed by atoms with E-state index in [2.05, 4.69) is 34.9 Å². The van der Waals surface area contributed by atoms with Crippen LogP contribution in [0.5, 0.6) is 0 Å². The Morgan fingerprint density at radius 1 is 1.45 bits per heavy atom. The van der Waals surface area contributed by atoms with Crippen LogP contribution in [0.4, 0.5) is 5.69 Å². The summed E-state index contributed by atoms with van der Waals surface area (Å²) in [5.74, 6) is -0.00981. The predicted molar refractivity (Wildman–Crippen MR) is 83.8 cm³/mol. The van der Waals surface area contributed by atoms with E-state index >= 15 is 0 Å². The highest BCUT2D eigenvalue weighted by Crippen LogP contribution is 2.20. The number of carbonyl (C=O) groups excluding carboxylic acids is 1. The van der Waals surface area contributed by atoms with Crippen LogP contribution in [0.15, 0.2) is 34.9 Å². The minimum Gasteiger partial charge on any atom is -0.398 e. The number of Topliss-reactive ketones (excluding diaryl/α,β-unsaturated/α-hetero) is 1. The second kappa shape index (κ2) is 6.22. The molecular formula is C15H18BrN3O. The van der Waals surface area contributed by atoms with Crippen LogP contribution in [0.1, 0.15) is 42.4 Å². The number of hydrogen-bond donors (Lipinski definition) is 1. The van der Waals surface area contributed by atoms with Crippen LogP contribution in [0.2, 0.25) is 0 Å². The molecule has 0 saturated carbocycles. The van der Waals surface area contributed by atoms with Crippen molar-refractivity contribution < 1.29 is 4.79 Å². The Morgan fingerprint density at radius 2 is 2.20 bits per heavy atom. The number of halogens is 1. The molecule has 1 unspecified atom stereocenters. The fraction of sp³-hybridized carbons (Fsp3) is 0.333. The molecule has 2 aromatic rings. The van der Waals surface area contributed by atoms with Gasteiger partial charge < -0.3 is 5.73 Å². The first-order valence-electron chi connectivity index (χ1n) is 6.63. The lowest BCUT2D eigenvalue weighted by Crippen LogP contribution is -2.09. The van der Waals surface area contributed by atoms with Gasteiger partial charge in [-0.25, -0.2) is 0 Å². The Kier molecular flexibility index (Phi) is 4.60. The summed E-state index contributed by atoms with van der Waals surface area (Å²) >= 11 is 3.33. The van der Waals surface area contributed by atoms with Crippen molar-refractivity contribution in [3.8, 4) is 0 Å². The minimum absolute atomic E-state index is 0.00981. The number of nitrogens with two attached hydrogens (primary N) is 1. The van der Waals surface area contributed by atoms with E-state index in [4.69, 9.17) is 5.73 Å². The van der Waals surface area contributed by atoms with Crippen molar-refractivity contribution in [3.05, 3.63) is 46.2 Å². The Hall–Kier alpha value is -1.62. The van der Waals surface area contributed by atoms with Crippen LogP contribution in [-0.4, -0.2) is 15.6 Å². The van der Waals surface area contributed by atoms with Crippen LogP contribution in [0, 0.1) is 0 Å². The van der Waals surface area contributed by atoms with Crippen LogP contribution in [0.25, 0.3) is 0 Å². The second-order valence-electron chi connectivity index (χ2n) is 4.88. The summed E-state index contributed by atoms with van der Waals surface area (Å²) in [4.78, 5) is 12.3. The number of rotatable bonds is 5. The van der Waals surface area contributed by atoms with Crippen LogP contribution in [-0.2, 0) is 6.42 Å². The summed E-state index contributed by atoms with van der Waals surface area (Å²) in [6, 6.07) is 7.54. The molecule has 0 aliphatic heterocycles. The summed E-state index contributed by atoms with van der Waals surface area (Å²) in [5, 5.41) is 4.44. The van der Waals surface area contributed by atoms with Crippen molar-refractivity contribution in [3.63, 3.8) is 0 Å². The number of ketones is 1. The Balaban J connectivity index is 2.13. The third kappa shape index (κ3) is 3.28. The van der Waals surface area contributed by atoms with Crippen LogP contribution < -0.4 is 5.73 Å². The van der Waals surface area contributed by atoms with Gasteiger partial charge in [0.25, 0.3) is 0 Å². The molecule has 1 atom stereocenters. The fourth-order valence-electron chi connectivity index (χ4n) is 1.95. The first-order chi connectivity index (χ1) is 9.51. The standard InChI is InChI=1S/C15H18BrN3O/c1-3-10(2)19-7-6-12(18-19)9-15(20)13-5-4-11(16)8-14(13)17/h4-8,10H,3,9,17H2,1-2H3. The lowest BCUT2D eigenvalue weighted by atomic mass is 10.1. The number of anilines is 1. The molecule has 0 aliphatic rings. The Bertz CT molecular complexity index is 621. The molecule has 0 radical (unpaired) electrons. The van der Waals surface area contributed by atoms with Gasteiger partial charge in [-0.15, -0.1) is 0 Å². The normalized spacial score (nSPS) is 12.3. The number of hydrogen-bond acceptors (Lipinski definition) is 3. The quantitative estimate of drug-likeness (QED) is 0.670. The molecule has 5 heteroatoms. The third-order valence-electron chi connectivity index (χ3n) is 3.36. The van der Waals surface area contributed by atoms with Gasteiger partial charge in [0.05, 0.1) is 12.1 Å². The molecule has 0 spiro atoms. The first kappa shape index (κ1) is 14.8. The highest BCUT2D eigenvalue weighted by atomic mass is 79.9. The number of aromatic nitrogens is 2. The lowest BCUT2D eigenvalue weighted by Gasteiger charge is -2.08. The highest BCUT2D eigenvalue weighted by Gasteiger charge is 2.13. The van der Waals surface area contributed by atoms with Gasteiger partial charge in [0.1, 0.15) is 0 Å². The van der Waals surface area contributed by atoms with E-state index < -0.39 is 0 Å². The van der Waals surface area contributed by atoms with E-state index in [1.165, 1.54) is 0 Å². The maximum atomic E-state index is 12.3. The molecule has 1 aromatic carbocycles. The number of benzene rings is 1. The van der Waals surface area contributed by atoms with Crippen molar-refractivity contribution in [2.24, 2.45) is 0 Å². The molecule has 0 saturated heterocycles. The summed E-state index contributed by atoms with van der Waals surface area (Å²) in [6.07, 6.45) is 3.20. The average molecular weight is 336 g/mol. The summed E-state index contributed by atoms with van der Waals surface area (Å²) in [7, 11) is 0. The van der Waals surface area contributed by atoms with Gasteiger partial charge in [-0.2, -0.15) is 5.10 Å². The third-order valence-corrected chi connectivity index (χ3v) is 3.85. The van der Waals surface area contributed by atoms with Crippen LogP contribution >= 0.6 is 15.9 Å². The van der Waals surface area contributed by atoms with Gasteiger partial charge in [0.15, 0.2) is 5.78 Å². The van der Waals surface area contributed by atoms with E-state index in [0.29, 0.717) is 17.3 Å². The Labute approximate surface area is 127 Å². The van der Waals surface area contributed by atoms with Crippen molar-refractivity contribution >= 4 is 27.4 Å². The molecule has 1 heterocycles. The Morgan fingerprint density at radius 3 is 2.85 bits per heavy atom. The zero-order chi connectivity index (χ0) is 14.7. The molecular weight excluding hydrogens is 318 g/mol. The van der Waals surface area contributed by atoms with E-state index in [1.54, 1.807) is 12.1 Å². The lowest BCUT2D eigenvalue weighted by molar-refractivity contribution is 0.0992. The summed E-state index contributed by atoms with van der Waals surface area (Å²) < 4.78 is 2.76. The zero-order valence-electron chi connectivity index (χ0n) is 11.6. The SMILES string of the molecule is CCC(C)n1ccc(CC(=O)c2ccc(Br)cc2N)n1. The van der Waals surface area contributed by atoms with Gasteiger partial charge >= 0.3 is 0 Å². The molecule has 1 aromatic heterocycles. The first-order valence-corrected chi connectivity index (χ1v) is 7.42. The molecule has 0 fully saturated rings. The minimum atomic E-state index is -0.00981. The average Bonchev–Trinajstić information content (AvgIpc) is 2.86. The van der Waals surface area contributed by atoms with E-state index in [9.17, 15) is 4.79 Å². The van der Waals surface area contributed by atoms with E-state index in [-0.39, 0.29) is 12.2 Å². The van der Waals surface area contributed by atoms with Crippen LogP contribution in [0.3, 0.4) is 0 Å². The topological polar surface area (TPSA) is 60.9 Å². The largest absolute Gasteiger partial charge is 0.398 e. The smallest absolute Gasteiger partial charge is 0.170 e. The second-order valence-corrected chi connectivity index (χ2v) is 5.79. The monoisotopic (exact) mass is 335 g/mol.